The number of phenolic OH excluding ortho intramolecular Hbond substituents is 2. The third-order valence-corrected chi connectivity index (χ3v) is 7.22. The molecular formula is C20H19BrClF3N2O8S. The number of benzene rings is 2. The number of aromatic hydroxyl groups is 2. The van der Waals surface area contributed by atoms with Gasteiger partial charge >= 0.3 is 6.36 Å². The van der Waals surface area contributed by atoms with Crippen LogP contribution in [0.4, 0.5) is 18.9 Å². The summed E-state index contributed by atoms with van der Waals surface area (Å²) in [5, 5.41) is 33.1. The molecule has 1 aliphatic heterocycles. The normalized spacial score (nSPS) is 15.8. The maximum absolute atomic E-state index is 12.9. The minimum Gasteiger partial charge on any atom is -0.505 e. The van der Waals surface area contributed by atoms with Crippen molar-refractivity contribution >= 4 is 49.1 Å². The smallest absolute Gasteiger partial charge is 0.505 e. The lowest BCUT2D eigenvalue weighted by atomic mass is 9.94. The number of aliphatic hydroxyl groups is 1. The van der Waals surface area contributed by atoms with E-state index in [1.54, 1.807) is 0 Å². The van der Waals surface area contributed by atoms with Crippen molar-refractivity contribution in [3.63, 3.8) is 0 Å². The lowest BCUT2D eigenvalue weighted by Crippen LogP contribution is -2.46. The number of hydrogen-bond donors (Lipinski definition) is 5. The average Bonchev–Trinajstić information content (AvgIpc) is 2.76. The van der Waals surface area contributed by atoms with Crippen LogP contribution in [0, 0.1) is 0 Å². The maximum atomic E-state index is 12.9. The van der Waals surface area contributed by atoms with Crippen molar-refractivity contribution in [1.82, 2.24) is 5.32 Å². The van der Waals surface area contributed by atoms with Gasteiger partial charge in [-0.3, -0.25) is 9.52 Å². The molecule has 1 aliphatic rings. The maximum Gasteiger partial charge on any atom is 0.573 e. The van der Waals surface area contributed by atoms with Crippen LogP contribution in [0.1, 0.15) is 23.2 Å². The molecule has 2 aromatic rings. The number of rotatable bonds is 7. The van der Waals surface area contributed by atoms with Gasteiger partial charge in [0.05, 0.1) is 21.9 Å². The molecule has 3 rings (SSSR count). The first kappa shape index (κ1) is 28.1. The van der Waals surface area contributed by atoms with E-state index >= 15 is 0 Å². The van der Waals surface area contributed by atoms with Gasteiger partial charge in [0.2, 0.25) is 0 Å². The summed E-state index contributed by atoms with van der Waals surface area (Å²) in [6.45, 7) is 0.139. The molecule has 0 saturated carbocycles. The van der Waals surface area contributed by atoms with Gasteiger partial charge in [0.1, 0.15) is 10.6 Å². The van der Waals surface area contributed by atoms with E-state index in [-0.39, 0.29) is 42.1 Å². The monoisotopic (exact) mass is 618 g/mol. The Balaban J connectivity index is 1.98. The van der Waals surface area contributed by atoms with E-state index in [2.05, 4.69) is 26.0 Å². The number of alkyl halides is 3. The summed E-state index contributed by atoms with van der Waals surface area (Å²) < 4.78 is 75.2. The van der Waals surface area contributed by atoms with Crippen LogP contribution in [0.25, 0.3) is 0 Å². The van der Waals surface area contributed by atoms with E-state index in [0.29, 0.717) is 12.1 Å². The van der Waals surface area contributed by atoms with Crippen molar-refractivity contribution in [2.45, 2.75) is 29.7 Å². The van der Waals surface area contributed by atoms with Crippen LogP contribution in [0.15, 0.2) is 33.6 Å². The number of ether oxygens (including phenoxy) is 2. The second kappa shape index (κ2) is 10.5. The van der Waals surface area contributed by atoms with Gasteiger partial charge in [0, 0.05) is 43.1 Å². The standard InChI is InChI=1S/C20H19BrClF3N2O8S/c21-10-5-13(22)17(29)15(6-10)36(32,33)27-14-8-11(35-20(23,24)25)7-12(16(14)28)18(30)26-9-19(31)1-3-34-4-2-19/h5-8,27-29,31H,1-4,9H2,(H,26,30). The van der Waals surface area contributed by atoms with Crippen LogP contribution in [0.3, 0.4) is 0 Å². The minimum absolute atomic E-state index is 0.148. The van der Waals surface area contributed by atoms with E-state index in [0.717, 1.165) is 6.07 Å². The summed E-state index contributed by atoms with van der Waals surface area (Å²) >= 11 is 8.79. The second-order valence-electron chi connectivity index (χ2n) is 7.77. The minimum atomic E-state index is -5.21. The molecule has 0 radical (unpaired) electrons. The fourth-order valence-electron chi connectivity index (χ4n) is 3.27. The molecule has 5 N–H and O–H groups in total. The third kappa shape index (κ3) is 6.85. The largest absolute Gasteiger partial charge is 0.573 e. The van der Waals surface area contributed by atoms with Crippen molar-refractivity contribution in [3.8, 4) is 17.2 Å². The molecule has 0 aliphatic carbocycles. The number of halogens is 5. The number of carbonyl (C=O) groups excluding carboxylic acids is 1. The van der Waals surface area contributed by atoms with Crippen molar-refractivity contribution in [2.75, 3.05) is 24.5 Å². The van der Waals surface area contributed by atoms with Gasteiger partial charge in [-0.1, -0.05) is 27.5 Å². The van der Waals surface area contributed by atoms with Crippen LogP contribution < -0.4 is 14.8 Å². The Hall–Kier alpha value is -2.46. The van der Waals surface area contributed by atoms with Gasteiger partial charge in [-0.05, 0) is 18.2 Å². The van der Waals surface area contributed by atoms with E-state index < -0.39 is 61.3 Å². The van der Waals surface area contributed by atoms with Crippen LogP contribution >= 0.6 is 27.5 Å². The van der Waals surface area contributed by atoms with Gasteiger partial charge in [-0.15, -0.1) is 13.2 Å². The molecule has 0 atom stereocenters. The number of carbonyl (C=O) groups is 1. The molecule has 1 heterocycles. The van der Waals surface area contributed by atoms with Crippen LogP contribution in [-0.2, 0) is 14.8 Å². The molecule has 198 valence electrons. The van der Waals surface area contributed by atoms with Gasteiger partial charge in [0.15, 0.2) is 11.5 Å². The summed E-state index contributed by atoms with van der Waals surface area (Å²) in [4.78, 5) is 11.9. The highest BCUT2D eigenvalue weighted by Crippen LogP contribution is 2.39. The molecule has 2 aromatic carbocycles. The number of amides is 1. The second-order valence-corrected chi connectivity index (χ2v) is 10.7. The zero-order chi connectivity index (χ0) is 26.9. The van der Waals surface area contributed by atoms with Crippen molar-refractivity contribution in [2.24, 2.45) is 0 Å². The molecule has 1 fully saturated rings. The molecule has 0 aromatic heterocycles. The lowest BCUT2D eigenvalue weighted by molar-refractivity contribution is -0.274. The Labute approximate surface area is 216 Å². The van der Waals surface area contributed by atoms with Gasteiger partial charge in [-0.2, -0.15) is 0 Å². The number of sulfonamides is 1. The van der Waals surface area contributed by atoms with Crippen LogP contribution in [0.2, 0.25) is 5.02 Å². The molecule has 1 amide bonds. The summed E-state index contributed by atoms with van der Waals surface area (Å²) in [6, 6.07) is 3.20. The van der Waals surface area contributed by atoms with E-state index in [1.165, 1.54) is 6.07 Å². The Bertz CT molecular complexity index is 1270. The Morgan fingerprint density at radius 2 is 1.81 bits per heavy atom. The predicted molar refractivity (Wildman–Crippen MR) is 124 cm³/mol. The predicted octanol–water partition coefficient (Wildman–Crippen LogP) is 3.48. The summed E-state index contributed by atoms with van der Waals surface area (Å²) in [5.41, 5.74) is -2.98. The molecule has 0 bridgehead atoms. The molecule has 16 heteroatoms. The molecule has 0 spiro atoms. The van der Waals surface area contributed by atoms with Crippen LogP contribution in [-0.4, -0.2) is 61.4 Å². The molecule has 36 heavy (non-hydrogen) atoms. The number of phenols is 2. The quantitative estimate of drug-likeness (QED) is 0.295. The molecule has 10 nitrogen and oxygen atoms in total. The highest BCUT2D eigenvalue weighted by molar-refractivity contribution is 9.10. The summed E-state index contributed by atoms with van der Waals surface area (Å²) in [7, 11) is -4.75. The molecular weight excluding hydrogens is 601 g/mol. The number of nitrogens with one attached hydrogen (secondary N) is 2. The Kier molecular flexibility index (Phi) is 8.20. The Morgan fingerprint density at radius 3 is 2.42 bits per heavy atom. The highest BCUT2D eigenvalue weighted by atomic mass is 79.9. The van der Waals surface area contributed by atoms with Gasteiger partial charge in [-0.25, -0.2) is 8.42 Å². The fourth-order valence-corrected chi connectivity index (χ4v) is 5.48. The first-order valence-corrected chi connectivity index (χ1v) is 12.7. The average molecular weight is 620 g/mol. The topological polar surface area (TPSA) is 154 Å². The first-order chi connectivity index (χ1) is 16.6. The third-order valence-electron chi connectivity index (χ3n) is 5.09. The van der Waals surface area contributed by atoms with Crippen molar-refractivity contribution in [1.29, 1.82) is 0 Å². The SMILES string of the molecule is O=C(NCC1(O)CCOCC1)c1cc(OC(F)(F)F)cc(NS(=O)(=O)c2cc(Br)cc(Cl)c2O)c1O. The van der Waals surface area contributed by atoms with Crippen molar-refractivity contribution < 1.29 is 51.2 Å². The molecule has 0 unspecified atom stereocenters. The van der Waals surface area contributed by atoms with Crippen LogP contribution in [0.5, 0.6) is 17.2 Å². The lowest BCUT2D eigenvalue weighted by Gasteiger charge is -2.32. The van der Waals surface area contributed by atoms with E-state index in [1.807, 2.05) is 4.72 Å². The van der Waals surface area contributed by atoms with Gasteiger partial charge in [0.25, 0.3) is 15.9 Å². The molecule has 1 saturated heterocycles. The van der Waals surface area contributed by atoms with Gasteiger partial charge < -0.3 is 30.1 Å². The first-order valence-electron chi connectivity index (χ1n) is 10.0. The summed E-state index contributed by atoms with van der Waals surface area (Å²) in [5.74, 6) is -4.04. The highest BCUT2D eigenvalue weighted by Gasteiger charge is 2.34. The van der Waals surface area contributed by atoms with E-state index in [4.69, 9.17) is 16.3 Å². The number of hydrogen-bond acceptors (Lipinski definition) is 8. The fraction of sp³-hybridized carbons (Fsp3) is 0.350. The van der Waals surface area contributed by atoms with Crippen molar-refractivity contribution in [3.05, 3.63) is 39.3 Å². The Morgan fingerprint density at radius 1 is 1.17 bits per heavy atom. The summed E-state index contributed by atoms with van der Waals surface area (Å²) in [6.07, 6.45) is -4.85. The van der Waals surface area contributed by atoms with E-state index in [9.17, 15) is 41.7 Å². The zero-order valence-corrected chi connectivity index (χ0v) is 21.2. The number of anilines is 1. The zero-order valence-electron chi connectivity index (χ0n) is 18.0.